The van der Waals surface area contributed by atoms with Crippen molar-refractivity contribution < 1.29 is 27.8 Å². The Hall–Kier alpha value is -2.97. The van der Waals surface area contributed by atoms with Crippen molar-refractivity contribution in [3.05, 3.63) is 65.2 Å². The smallest absolute Gasteiger partial charge is 0.383 e. The number of aliphatic hydroxyl groups is 1. The third-order valence-corrected chi connectivity index (χ3v) is 5.05. The van der Waals surface area contributed by atoms with Gasteiger partial charge in [-0.05, 0) is 25.1 Å². The monoisotopic (exact) mass is 432 g/mol. The van der Waals surface area contributed by atoms with Crippen LogP contribution >= 0.6 is 0 Å². The lowest BCUT2D eigenvalue weighted by atomic mass is 9.95. The number of ether oxygens (including phenoxy) is 1. The van der Waals surface area contributed by atoms with Gasteiger partial charge in [0.25, 0.3) is 5.91 Å². The lowest BCUT2D eigenvalue weighted by Gasteiger charge is -2.23. The molecule has 0 bridgehead atoms. The second-order valence-electron chi connectivity index (χ2n) is 7.32. The number of carbonyl (C=O) groups is 1. The summed E-state index contributed by atoms with van der Waals surface area (Å²) in [5.41, 5.74) is 1.01. The molecule has 3 aromatic rings. The number of likely N-dealkylation sites (N-methyl/N-ethyl adjacent to an activating group) is 1. The third-order valence-electron chi connectivity index (χ3n) is 5.05. The van der Waals surface area contributed by atoms with Crippen molar-refractivity contribution >= 4 is 16.8 Å². The van der Waals surface area contributed by atoms with Gasteiger partial charge in [0.2, 0.25) is 0 Å². The maximum Gasteiger partial charge on any atom is 0.417 e. The van der Waals surface area contributed by atoms with E-state index in [2.05, 4.69) is 4.98 Å². The van der Waals surface area contributed by atoms with Crippen LogP contribution in [-0.4, -0.2) is 48.2 Å². The van der Waals surface area contributed by atoms with E-state index in [0.29, 0.717) is 11.3 Å². The van der Waals surface area contributed by atoms with Gasteiger partial charge in [0, 0.05) is 37.2 Å². The van der Waals surface area contributed by atoms with E-state index in [1.807, 2.05) is 19.1 Å². The van der Waals surface area contributed by atoms with E-state index >= 15 is 0 Å². The molecular weight excluding hydrogens is 409 g/mol. The Morgan fingerprint density at radius 2 is 1.87 bits per heavy atom. The number of methoxy groups -OCH3 is 1. The van der Waals surface area contributed by atoms with Crippen LogP contribution in [0.15, 0.2) is 48.5 Å². The average molecular weight is 432 g/mol. The number of aromatic nitrogens is 1. The van der Waals surface area contributed by atoms with Gasteiger partial charge in [-0.15, -0.1) is 0 Å². The molecule has 0 saturated carbocycles. The van der Waals surface area contributed by atoms with Crippen molar-refractivity contribution in [3.8, 4) is 11.3 Å². The van der Waals surface area contributed by atoms with Crippen LogP contribution in [0.3, 0.4) is 0 Å². The maximum absolute atomic E-state index is 13.7. The van der Waals surface area contributed by atoms with Crippen LogP contribution in [-0.2, 0) is 15.7 Å². The molecule has 0 aliphatic heterocycles. The minimum absolute atomic E-state index is 0.0503. The molecule has 1 aromatic heterocycles. The predicted molar refractivity (Wildman–Crippen MR) is 111 cm³/mol. The van der Waals surface area contributed by atoms with Gasteiger partial charge in [-0.1, -0.05) is 35.9 Å². The van der Waals surface area contributed by atoms with Gasteiger partial charge in [0.05, 0.1) is 23.4 Å². The molecule has 1 atom stereocenters. The second kappa shape index (κ2) is 9.03. The standard InChI is InChI=1S/C23H23F3N2O3/c1-14-7-9-15(10-8-14)19-13-16(21(29)22(30)28(2)11-12-31-3)20-17(23(24,25)26)5-4-6-18(20)27-19/h4-10,13,21,29H,11-12H2,1-3H3. The van der Waals surface area contributed by atoms with Crippen LogP contribution in [0.1, 0.15) is 22.8 Å². The molecule has 3 rings (SSSR count). The zero-order chi connectivity index (χ0) is 22.8. The lowest BCUT2D eigenvalue weighted by Crippen LogP contribution is -2.34. The van der Waals surface area contributed by atoms with Crippen LogP contribution in [0.25, 0.3) is 22.2 Å². The normalized spacial score (nSPS) is 12.7. The predicted octanol–water partition coefficient (Wildman–Crippen LogP) is 4.37. The summed E-state index contributed by atoms with van der Waals surface area (Å²) in [6, 6.07) is 12.3. The molecule has 5 nitrogen and oxygen atoms in total. The van der Waals surface area contributed by atoms with E-state index in [4.69, 9.17) is 4.74 Å². The van der Waals surface area contributed by atoms with E-state index in [9.17, 15) is 23.1 Å². The summed E-state index contributed by atoms with van der Waals surface area (Å²) in [6.07, 6.45) is -6.47. The van der Waals surface area contributed by atoms with Crippen molar-refractivity contribution in [1.29, 1.82) is 0 Å². The number of nitrogens with zero attached hydrogens (tertiary/aromatic N) is 2. The summed E-state index contributed by atoms with van der Waals surface area (Å²) in [7, 11) is 2.92. The first-order valence-corrected chi connectivity index (χ1v) is 9.63. The van der Waals surface area contributed by atoms with Crippen molar-refractivity contribution in [2.45, 2.75) is 19.2 Å². The van der Waals surface area contributed by atoms with Gasteiger partial charge >= 0.3 is 6.18 Å². The van der Waals surface area contributed by atoms with E-state index in [1.54, 1.807) is 12.1 Å². The molecule has 164 valence electrons. The van der Waals surface area contributed by atoms with E-state index < -0.39 is 23.8 Å². The Morgan fingerprint density at radius 3 is 2.48 bits per heavy atom. The van der Waals surface area contributed by atoms with E-state index in [-0.39, 0.29) is 29.6 Å². The molecule has 1 amide bonds. The lowest BCUT2D eigenvalue weighted by molar-refractivity contribution is -0.140. The number of halogens is 3. The number of aryl methyl sites for hydroxylation is 1. The number of amides is 1. The molecule has 0 aliphatic rings. The van der Waals surface area contributed by atoms with Gasteiger partial charge in [-0.2, -0.15) is 13.2 Å². The largest absolute Gasteiger partial charge is 0.417 e. The summed E-state index contributed by atoms with van der Waals surface area (Å²) >= 11 is 0. The zero-order valence-corrected chi connectivity index (χ0v) is 17.4. The maximum atomic E-state index is 13.7. The van der Waals surface area contributed by atoms with E-state index in [0.717, 1.165) is 11.6 Å². The minimum Gasteiger partial charge on any atom is -0.383 e. The number of aliphatic hydroxyl groups excluding tert-OH is 1. The highest BCUT2D eigenvalue weighted by atomic mass is 19.4. The molecule has 0 spiro atoms. The fourth-order valence-corrected chi connectivity index (χ4v) is 3.32. The SMILES string of the molecule is COCCN(C)C(=O)C(O)c1cc(-c2ccc(C)cc2)nc2cccc(C(F)(F)F)c12. The van der Waals surface area contributed by atoms with Crippen LogP contribution in [0.4, 0.5) is 13.2 Å². The molecule has 0 radical (unpaired) electrons. The first kappa shape index (κ1) is 22.7. The Morgan fingerprint density at radius 1 is 1.19 bits per heavy atom. The summed E-state index contributed by atoms with van der Waals surface area (Å²) in [5, 5.41) is 10.5. The molecule has 0 fully saturated rings. The van der Waals surface area contributed by atoms with Gasteiger partial charge in [-0.3, -0.25) is 4.79 Å². The summed E-state index contributed by atoms with van der Waals surface area (Å²) in [4.78, 5) is 18.4. The molecule has 2 aromatic carbocycles. The van der Waals surface area contributed by atoms with Crippen molar-refractivity contribution in [3.63, 3.8) is 0 Å². The molecule has 8 heteroatoms. The van der Waals surface area contributed by atoms with Crippen molar-refractivity contribution in [2.24, 2.45) is 0 Å². The highest BCUT2D eigenvalue weighted by Gasteiger charge is 2.35. The molecule has 0 saturated heterocycles. The van der Waals surface area contributed by atoms with Crippen LogP contribution in [0.5, 0.6) is 0 Å². The number of hydrogen-bond donors (Lipinski definition) is 1. The summed E-state index contributed by atoms with van der Waals surface area (Å²) in [6.45, 7) is 2.33. The molecule has 1 heterocycles. The van der Waals surface area contributed by atoms with Crippen LogP contribution in [0.2, 0.25) is 0 Å². The Labute approximate surface area is 178 Å². The molecule has 1 unspecified atom stereocenters. The molecule has 0 aliphatic carbocycles. The summed E-state index contributed by atoms with van der Waals surface area (Å²) in [5.74, 6) is -0.726. The number of hydrogen-bond acceptors (Lipinski definition) is 4. The van der Waals surface area contributed by atoms with Gasteiger partial charge in [0.1, 0.15) is 0 Å². The van der Waals surface area contributed by atoms with Crippen LogP contribution in [0, 0.1) is 6.92 Å². The number of fused-ring (bicyclic) bond motifs is 1. The molecule has 31 heavy (non-hydrogen) atoms. The number of benzene rings is 2. The third kappa shape index (κ3) is 4.86. The molecular formula is C23H23F3N2O3. The average Bonchev–Trinajstić information content (AvgIpc) is 2.75. The molecule has 1 N–H and O–H groups in total. The van der Waals surface area contributed by atoms with Gasteiger partial charge < -0.3 is 14.7 Å². The quantitative estimate of drug-likeness (QED) is 0.629. The number of pyridine rings is 1. The Bertz CT molecular complexity index is 1080. The topological polar surface area (TPSA) is 62.7 Å². The van der Waals surface area contributed by atoms with Crippen molar-refractivity contribution in [2.75, 3.05) is 27.3 Å². The van der Waals surface area contributed by atoms with Crippen LogP contribution < -0.4 is 0 Å². The van der Waals surface area contributed by atoms with E-state index in [1.165, 1.54) is 37.3 Å². The van der Waals surface area contributed by atoms with Crippen molar-refractivity contribution in [1.82, 2.24) is 9.88 Å². The number of alkyl halides is 3. The number of rotatable bonds is 6. The first-order valence-electron chi connectivity index (χ1n) is 9.63. The fourth-order valence-electron chi connectivity index (χ4n) is 3.32. The highest BCUT2D eigenvalue weighted by molar-refractivity contribution is 5.94. The Kier molecular flexibility index (Phi) is 6.62. The second-order valence-corrected chi connectivity index (χ2v) is 7.32. The van der Waals surface area contributed by atoms with Gasteiger partial charge in [0.15, 0.2) is 6.10 Å². The first-order chi connectivity index (χ1) is 14.6. The zero-order valence-electron chi connectivity index (χ0n) is 17.4. The Balaban J connectivity index is 2.22. The number of carbonyl (C=O) groups excluding carboxylic acids is 1. The minimum atomic E-state index is -4.67. The summed E-state index contributed by atoms with van der Waals surface area (Å²) < 4.78 is 46.1. The van der Waals surface area contributed by atoms with Gasteiger partial charge in [-0.25, -0.2) is 4.98 Å². The fraction of sp³-hybridized carbons (Fsp3) is 0.304. The highest BCUT2D eigenvalue weighted by Crippen LogP contribution is 2.39.